The Balaban J connectivity index is 1.50. The van der Waals surface area contributed by atoms with E-state index in [1.54, 1.807) is 42.5 Å². The summed E-state index contributed by atoms with van der Waals surface area (Å²) < 4.78 is 11.0. The van der Waals surface area contributed by atoms with Crippen LogP contribution < -0.4 is 5.32 Å². The zero-order valence-electron chi connectivity index (χ0n) is 16.8. The first-order chi connectivity index (χ1) is 15.1. The summed E-state index contributed by atoms with van der Waals surface area (Å²) in [6.07, 6.45) is 1.51. The number of hydrogen-bond donors (Lipinski definition) is 1. The first-order valence-corrected chi connectivity index (χ1v) is 9.75. The average Bonchev–Trinajstić information content (AvgIpc) is 3.21. The second-order valence-electron chi connectivity index (χ2n) is 6.94. The largest absolute Gasteiger partial charge is 0.444 e. The minimum atomic E-state index is -1.11. The number of rotatable bonds is 6. The third kappa shape index (κ3) is 5.05. The quantitative estimate of drug-likeness (QED) is 0.353. The summed E-state index contributed by atoms with van der Waals surface area (Å²) in [5.74, 6) is -0.854. The summed E-state index contributed by atoms with van der Waals surface area (Å²) >= 11 is 0. The predicted octanol–water partition coefficient (Wildman–Crippen LogP) is 5.07. The van der Waals surface area contributed by atoms with Gasteiger partial charge in [0.1, 0.15) is 5.52 Å². The van der Waals surface area contributed by atoms with Gasteiger partial charge in [0.25, 0.3) is 5.91 Å². The summed E-state index contributed by atoms with van der Waals surface area (Å²) in [4.78, 5) is 29.6. The molecule has 3 aromatic carbocycles. The third-order valence-corrected chi connectivity index (χ3v) is 4.57. The van der Waals surface area contributed by atoms with Gasteiger partial charge in [0.15, 0.2) is 5.58 Å². The van der Waals surface area contributed by atoms with Crippen molar-refractivity contribution in [3.8, 4) is 0 Å². The zero-order valence-corrected chi connectivity index (χ0v) is 16.8. The molecule has 154 valence electrons. The number of amides is 1. The lowest BCUT2D eigenvalue weighted by atomic mass is 10.1. The number of aromatic nitrogens is 1. The number of nitrogens with one attached hydrogen (secondary N) is 1. The molecular formula is C25H20N2O4. The van der Waals surface area contributed by atoms with Crippen LogP contribution in [0.15, 0.2) is 89.4 Å². The highest BCUT2D eigenvalue weighted by Gasteiger charge is 2.24. The normalized spacial score (nSPS) is 12.0. The molecule has 4 aromatic rings. The van der Waals surface area contributed by atoms with Gasteiger partial charge in [-0.1, -0.05) is 60.2 Å². The van der Waals surface area contributed by atoms with Gasteiger partial charge in [0, 0.05) is 23.4 Å². The lowest BCUT2D eigenvalue weighted by molar-refractivity contribution is -0.149. The van der Waals surface area contributed by atoms with Crippen LogP contribution in [-0.2, 0) is 14.3 Å². The highest BCUT2D eigenvalue weighted by molar-refractivity contribution is 5.97. The highest BCUT2D eigenvalue weighted by Crippen LogP contribution is 2.21. The number of aryl methyl sites for hydroxylation is 1. The molecule has 4 rings (SSSR count). The van der Waals surface area contributed by atoms with E-state index in [9.17, 15) is 9.59 Å². The second kappa shape index (κ2) is 9.09. The highest BCUT2D eigenvalue weighted by atomic mass is 16.5. The number of hydrogen-bond acceptors (Lipinski definition) is 5. The Hall–Kier alpha value is -4.19. The van der Waals surface area contributed by atoms with Gasteiger partial charge in [-0.15, -0.1) is 0 Å². The van der Waals surface area contributed by atoms with E-state index in [1.807, 2.05) is 43.3 Å². The van der Waals surface area contributed by atoms with E-state index in [0.29, 0.717) is 22.4 Å². The second-order valence-corrected chi connectivity index (χ2v) is 6.94. The number of oxazole rings is 1. The van der Waals surface area contributed by atoms with Crippen LogP contribution in [0.3, 0.4) is 0 Å². The van der Waals surface area contributed by atoms with Gasteiger partial charge >= 0.3 is 5.97 Å². The Morgan fingerprint density at radius 2 is 1.68 bits per heavy atom. The SMILES string of the molecule is Cc1ccc(NC(=O)[C@@H](OC(=O)/C=C/c2nc3ccccc3o2)c2ccccc2)cc1. The van der Waals surface area contributed by atoms with E-state index in [4.69, 9.17) is 9.15 Å². The number of para-hydroxylation sites is 2. The number of ether oxygens (including phenoxy) is 1. The lowest BCUT2D eigenvalue weighted by Crippen LogP contribution is -2.25. The van der Waals surface area contributed by atoms with E-state index in [0.717, 1.165) is 5.56 Å². The van der Waals surface area contributed by atoms with Crippen molar-refractivity contribution in [1.82, 2.24) is 4.98 Å². The number of anilines is 1. The third-order valence-electron chi connectivity index (χ3n) is 4.57. The van der Waals surface area contributed by atoms with E-state index in [-0.39, 0.29) is 5.89 Å². The van der Waals surface area contributed by atoms with E-state index in [2.05, 4.69) is 10.3 Å². The van der Waals surface area contributed by atoms with Crippen molar-refractivity contribution in [2.75, 3.05) is 5.32 Å². The van der Waals surface area contributed by atoms with Crippen molar-refractivity contribution in [3.05, 3.63) is 102 Å². The number of esters is 1. The van der Waals surface area contributed by atoms with Crippen molar-refractivity contribution in [2.45, 2.75) is 13.0 Å². The van der Waals surface area contributed by atoms with Crippen LogP contribution in [0.1, 0.15) is 23.1 Å². The standard InChI is InChI=1S/C25H20N2O4/c1-17-11-13-19(14-12-17)26-25(29)24(18-7-3-2-4-8-18)31-23(28)16-15-22-27-20-9-5-6-10-21(20)30-22/h2-16,24H,1H3,(H,26,29)/b16-15+/t24-/m0/s1. The Morgan fingerprint density at radius 3 is 2.42 bits per heavy atom. The molecule has 0 bridgehead atoms. The smallest absolute Gasteiger partial charge is 0.332 e. The summed E-state index contributed by atoms with van der Waals surface area (Å²) in [6.45, 7) is 1.96. The van der Waals surface area contributed by atoms with Crippen molar-refractivity contribution in [2.24, 2.45) is 0 Å². The maximum atomic E-state index is 12.9. The van der Waals surface area contributed by atoms with E-state index >= 15 is 0 Å². The number of nitrogens with zero attached hydrogens (tertiary/aromatic N) is 1. The summed E-state index contributed by atoms with van der Waals surface area (Å²) in [6, 6.07) is 23.5. The van der Waals surface area contributed by atoms with Crippen molar-refractivity contribution in [3.63, 3.8) is 0 Å². The molecule has 0 spiro atoms. The van der Waals surface area contributed by atoms with Crippen LogP contribution in [0, 0.1) is 6.92 Å². The van der Waals surface area contributed by atoms with E-state index in [1.165, 1.54) is 12.2 Å². The summed E-state index contributed by atoms with van der Waals surface area (Å²) in [5, 5.41) is 2.79. The molecule has 1 N–H and O–H groups in total. The zero-order chi connectivity index (χ0) is 21.6. The van der Waals surface area contributed by atoms with Crippen molar-refractivity contribution < 1.29 is 18.7 Å². The molecule has 0 saturated carbocycles. The Morgan fingerprint density at radius 1 is 0.968 bits per heavy atom. The van der Waals surface area contributed by atoms with Crippen LogP contribution in [0.2, 0.25) is 0 Å². The van der Waals surface area contributed by atoms with Gasteiger partial charge in [-0.2, -0.15) is 0 Å². The number of benzene rings is 3. The van der Waals surface area contributed by atoms with Gasteiger partial charge in [0.2, 0.25) is 12.0 Å². The molecule has 1 heterocycles. The molecule has 0 unspecified atom stereocenters. The minimum Gasteiger partial charge on any atom is -0.444 e. The van der Waals surface area contributed by atoms with Crippen LogP contribution in [0.5, 0.6) is 0 Å². The molecule has 0 aliphatic heterocycles. The molecule has 1 aromatic heterocycles. The molecular weight excluding hydrogens is 392 g/mol. The van der Waals surface area contributed by atoms with Crippen LogP contribution in [-0.4, -0.2) is 16.9 Å². The Bertz CT molecular complexity index is 1190. The van der Waals surface area contributed by atoms with Crippen molar-refractivity contribution in [1.29, 1.82) is 0 Å². The van der Waals surface area contributed by atoms with Gasteiger partial charge in [-0.25, -0.2) is 9.78 Å². The predicted molar refractivity (Wildman–Crippen MR) is 118 cm³/mol. The molecule has 6 nitrogen and oxygen atoms in total. The molecule has 0 aliphatic rings. The maximum Gasteiger partial charge on any atom is 0.332 e. The minimum absolute atomic E-state index is 0.276. The average molecular weight is 412 g/mol. The monoisotopic (exact) mass is 412 g/mol. The Kier molecular flexibility index (Phi) is 5.89. The number of carbonyl (C=O) groups excluding carboxylic acids is 2. The number of carbonyl (C=O) groups is 2. The lowest BCUT2D eigenvalue weighted by Gasteiger charge is -2.17. The van der Waals surface area contributed by atoms with Crippen LogP contribution in [0.25, 0.3) is 17.2 Å². The molecule has 6 heteroatoms. The molecule has 1 atom stereocenters. The van der Waals surface area contributed by atoms with Crippen molar-refractivity contribution >= 4 is 34.7 Å². The molecule has 0 radical (unpaired) electrons. The fraction of sp³-hybridized carbons (Fsp3) is 0.0800. The Labute approximate surface area is 179 Å². The fourth-order valence-electron chi connectivity index (χ4n) is 3.00. The van der Waals surface area contributed by atoms with Gasteiger partial charge in [0.05, 0.1) is 0 Å². The topological polar surface area (TPSA) is 81.4 Å². The van der Waals surface area contributed by atoms with E-state index < -0.39 is 18.0 Å². The first kappa shape index (κ1) is 20.1. The molecule has 1 amide bonds. The molecule has 0 saturated heterocycles. The van der Waals surface area contributed by atoms with Gasteiger partial charge < -0.3 is 14.5 Å². The first-order valence-electron chi connectivity index (χ1n) is 9.75. The summed E-state index contributed by atoms with van der Waals surface area (Å²) in [7, 11) is 0. The van der Waals surface area contributed by atoms with Gasteiger partial charge in [-0.3, -0.25) is 4.79 Å². The molecule has 0 aliphatic carbocycles. The summed E-state index contributed by atoms with van der Waals surface area (Å²) in [5.41, 5.74) is 3.57. The molecule has 0 fully saturated rings. The fourth-order valence-corrected chi connectivity index (χ4v) is 3.00. The maximum absolute atomic E-state index is 12.9. The van der Waals surface area contributed by atoms with Crippen LogP contribution >= 0.6 is 0 Å². The van der Waals surface area contributed by atoms with Crippen LogP contribution in [0.4, 0.5) is 5.69 Å². The number of fused-ring (bicyclic) bond motifs is 1. The van der Waals surface area contributed by atoms with Gasteiger partial charge in [-0.05, 0) is 31.2 Å². The molecule has 31 heavy (non-hydrogen) atoms.